The quantitative estimate of drug-likeness (QED) is 0.348. The molecule has 16 heavy (non-hydrogen) atoms. The number of azide groups is 1. The maximum Gasteiger partial charge on any atom is 0.224 e. The highest BCUT2D eigenvalue weighted by Gasteiger charge is 2.01. The Kier molecular flexibility index (Phi) is 4.89. The van der Waals surface area contributed by atoms with E-state index in [1.165, 1.54) is 0 Å². The average molecular weight is 218 g/mol. The first kappa shape index (κ1) is 12.1. The second-order valence-corrected chi connectivity index (χ2v) is 3.47. The number of hydrogen-bond acceptors (Lipinski definition) is 2. The first-order chi connectivity index (χ1) is 7.72. The number of carbonyl (C=O) groups is 1. The summed E-state index contributed by atoms with van der Waals surface area (Å²) in [7, 11) is 0. The van der Waals surface area contributed by atoms with Crippen LogP contribution in [0.5, 0.6) is 0 Å². The molecule has 0 aliphatic heterocycles. The molecule has 1 amide bonds. The van der Waals surface area contributed by atoms with E-state index in [0.29, 0.717) is 13.0 Å². The molecule has 84 valence electrons. The number of hydrogen-bond donors (Lipinski definition) is 1. The fourth-order valence-electron chi connectivity index (χ4n) is 1.36. The molecule has 0 radical (unpaired) electrons. The van der Waals surface area contributed by atoms with Gasteiger partial charge in [-0.25, -0.2) is 0 Å². The van der Waals surface area contributed by atoms with Crippen LogP contribution in [-0.2, 0) is 11.2 Å². The van der Waals surface area contributed by atoms with Gasteiger partial charge in [0.05, 0.1) is 6.42 Å². The Morgan fingerprint density at radius 1 is 1.56 bits per heavy atom. The van der Waals surface area contributed by atoms with Crippen LogP contribution < -0.4 is 5.32 Å². The van der Waals surface area contributed by atoms with E-state index in [4.69, 9.17) is 5.53 Å². The van der Waals surface area contributed by atoms with Crippen molar-refractivity contribution in [2.45, 2.75) is 13.3 Å². The fourth-order valence-corrected chi connectivity index (χ4v) is 1.36. The van der Waals surface area contributed by atoms with Crippen LogP contribution in [-0.4, -0.2) is 19.0 Å². The van der Waals surface area contributed by atoms with Gasteiger partial charge in [-0.05, 0) is 18.0 Å². The molecule has 0 saturated heterocycles. The van der Waals surface area contributed by atoms with Gasteiger partial charge in [-0.1, -0.05) is 34.9 Å². The van der Waals surface area contributed by atoms with Gasteiger partial charge in [-0.15, -0.1) is 0 Å². The topological polar surface area (TPSA) is 77.9 Å². The number of amides is 1. The van der Waals surface area contributed by atoms with E-state index in [9.17, 15) is 4.79 Å². The molecule has 0 aliphatic rings. The van der Waals surface area contributed by atoms with Gasteiger partial charge in [0.1, 0.15) is 0 Å². The predicted molar refractivity (Wildman–Crippen MR) is 61.9 cm³/mol. The Labute approximate surface area is 94.1 Å². The summed E-state index contributed by atoms with van der Waals surface area (Å²) in [5.41, 5.74) is 10.2. The van der Waals surface area contributed by atoms with Crippen LogP contribution in [0.25, 0.3) is 10.4 Å². The second kappa shape index (κ2) is 6.48. The number of nitrogens with zero attached hydrogens (tertiary/aromatic N) is 3. The minimum Gasteiger partial charge on any atom is -0.356 e. The molecule has 0 fully saturated rings. The molecule has 0 heterocycles. The van der Waals surface area contributed by atoms with E-state index in [2.05, 4.69) is 15.3 Å². The maximum atomic E-state index is 11.4. The fraction of sp³-hybridized carbons (Fsp3) is 0.364. The molecule has 0 spiro atoms. The lowest BCUT2D eigenvalue weighted by atomic mass is 10.1. The number of rotatable bonds is 5. The van der Waals surface area contributed by atoms with Gasteiger partial charge in [0.15, 0.2) is 0 Å². The standard InChI is InChI=1S/C11H14N4O/c1-9-3-2-4-10(7-9)8-11(16)13-5-6-14-15-12/h2-4,7H,5-6,8H2,1H3,(H,13,16). The third-order valence-corrected chi connectivity index (χ3v) is 2.04. The number of benzene rings is 1. The highest BCUT2D eigenvalue weighted by Crippen LogP contribution is 2.04. The predicted octanol–water partition coefficient (Wildman–Crippen LogP) is 1.96. The lowest BCUT2D eigenvalue weighted by Crippen LogP contribution is -2.27. The summed E-state index contributed by atoms with van der Waals surface area (Å²) in [6.45, 7) is 2.66. The smallest absolute Gasteiger partial charge is 0.224 e. The SMILES string of the molecule is Cc1cccc(CC(=O)NCCN=[N+]=[N-])c1. The molecule has 0 atom stereocenters. The Morgan fingerprint density at radius 2 is 2.38 bits per heavy atom. The average Bonchev–Trinajstić information content (AvgIpc) is 2.24. The van der Waals surface area contributed by atoms with Crippen LogP contribution in [0.2, 0.25) is 0 Å². The Hall–Kier alpha value is -2.00. The van der Waals surface area contributed by atoms with E-state index in [0.717, 1.165) is 11.1 Å². The molecule has 0 saturated carbocycles. The minimum atomic E-state index is -0.0567. The van der Waals surface area contributed by atoms with Crippen LogP contribution in [0.4, 0.5) is 0 Å². The van der Waals surface area contributed by atoms with Crippen molar-refractivity contribution in [3.05, 3.63) is 45.8 Å². The third kappa shape index (κ3) is 4.48. The van der Waals surface area contributed by atoms with Crippen LogP contribution in [0.15, 0.2) is 29.4 Å². The van der Waals surface area contributed by atoms with E-state index in [-0.39, 0.29) is 12.5 Å². The van der Waals surface area contributed by atoms with Gasteiger partial charge in [-0.3, -0.25) is 4.79 Å². The first-order valence-electron chi connectivity index (χ1n) is 5.05. The maximum absolute atomic E-state index is 11.4. The van der Waals surface area contributed by atoms with Crippen LogP contribution in [0.1, 0.15) is 11.1 Å². The highest BCUT2D eigenvalue weighted by molar-refractivity contribution is 5.78. The van der Waals surface area contributed by atoms with Crippen molar-refractivity contribution in [2.24, 2.45) is 5.11 Å². The monoisotopic (exact) mass is 218 g/mol. The second-order valence-electron chi connectivity index (χ2n) is 3.47. The normalized spacial score (nSPS) is 9.31. The summed E-state index contributed by atoms with van der Waals surface area (Å²) < 4.78 is 0. The molecular weight excluding hydrogens is 204 g/mol. The largest absolute Gasteiger partial charge is 0.356 e. The van der Waals surface area contributed by atoms with Crippen molar-refractivity contribution in [1.29, 1.82) is 0 Å². The number of carbonyl (C=O) groups excluding carboxylic acids is 1. The Morgan fingerprint density at radius 3 is 3.06 bits per heavy atom. The number of nitrogens with one attached hydrogen (secondary N) is 1. The third-order valence-electron chi connectivity index (χ3n) is 2.04. The molecule has 1 aromatic rings. The van der Waals surface area contributed by atoms with Crippen molar-refractivity contribution in [3.63, 3.8) is 0 Å². The van der Waals surface area contributed by atoms with E-state index < -0.39 is 0 Å². The molecule has 1 rings (SSSR count). The van der Waals surface area contributed by atoms with Gasteiger partial charge in [-0.2, -0.15) is 0 Å². The van der Waals surface area contributed by atoms with Gasteiger partial charge < -0.3 is 5.32 Å². The van der Waals surface area contributed by atoms with E-state index in [1.54, 1.807) is 0 Å². The van der Waals surface area contributed by atoms with Crippen molar-refractivity contribution in [3.8, 4) is 0 Å². The molecule has 0 aliphatic carbocycles. The summed E-state index contributed by atoms with van der Waals surface area (Å²) in [6, 6.07) is 7.81. The Balaban J connectivity index is 2.36. The molecule has 0 unspecified atom stereocenters. The molecule has 5 nitrogen and oxygen atoms in total. The molecule has 0 bridgehead atoms. The minimum absolute atomic E-state index is 0.0567. The van der Waals surface area contributed by atoms with Crippen LogP contribution in [0.3, 0.4) is 0 Å². The summed E-state index contributed by atoms with van der Waals surface area (Å²) in [5.74, 6) is -0.0567. The first-order valence-corrected chi connectivity index (χ1v) is 5.05. The highest BCUT2D eigenvalue weighted by atomic mass is 16.1. The van der Waals surface area contributed by atoms with Gasteiger partial charge in [0, 0.05) is 18.0 Å². The lowest BCUT2D eigenvalue weighted by molar-refractivity contribution is -0.120. The molecule has 1 N–H and O–H groups in total. The lowest BCUT2D eigenvalue weighted by Gasteiger charge is -2.03. The van der Waals surface area contributed by atoms with Gasteiger partial charge in [0.2, 0.25) is 5.91 Å². The number of aryl methyl sites for hydroxylation is 1. The van der Waals surface area contributed by atoms with E-state index in [1.807, 2.05) is 31.2 Å². The van der Waals surface area contributed by atoms with Gasteiger partial charge in [0.25, 0.3) is 0 Å². The summed E-state index contributed by atoms with van der Waals surface area (Å²) in [6.07, 6.45) is 0.359. The molecular formula is C11H14N4O. The van der Waals surface area contributed by atoms with Crippen molar-refractivity contribution in [1.82, 2.24) is 5.32 Å². The zero-order chi connectivity index (χ0) is 11.8. The zero-order valence-corrected chi connectivity index (χ0v) is 9.18. The van der Waals surface area contributed by atoms with Gasteiger partial charge >= 0.3 is 0 Å². The van der Waals surface area contributed by atoms with E-state index >= 15 is 0 Å². The van der Waals surface area contributed by atoms with Crippen molar-refractivity contribution >= 4 is 5.91 Å². The zero-order valence-electron chi connectivity index (χ0n) is 9.18. The summed E-state index contributed by atoms with van der Waals surface area (Å²) in [5, 5.41) is 6.01. The molecule has 0 aromatic heterocycles. The molecule has 5 heteroatoms. The summed E-state index contributed by atoms with van der Waals surface area (Å²) >= 11 is 0. The van der Waals surface area contributed by atoms with Crippen molar-refractivity contribution < 1.29 is 4.79 Å². The van der Waals surface area contributed by atoms with Crippen LogP contribution in [0, 0.1) is 6.92 Å². The van der Waals surface area contributed by atoms with Crippen molar-refractivity contribution in [2.75, 3.05) is 13.1 Å². The molecule has 1 aromatic carbocycles. The Bertz CT molecular complexity index is 410. The van der Waals surface area contributed by atoms with Crippen LogP contribution >= 0.6 is 0 Å². The summed E-state index contributed by atoms with van der Waals surface area (Å²) in [4.78, 5) is 14.0.